The molecule has 0 radical (unpaired) electrons. The van der Waals surface area contributed by atoms with Gasteiger partial charge in [-0.1, -0.05) is 12.1 Å². The number of pyridine rings is 1. The maximum Gasteiger partial charge on any atom is 0.416 e. The largest absolute Gasteiger partial charge is 0.443 e. The van der Waals surface area contributed by atoms with E-state index in [0.717, 1.165) is 38.9 Å². The van der Waals surface area contributed by atoms with Gasteiger partial charge in [-0.3, -0.25) is 9.47 Å². The van der Waals surface area contributed by atoms with Crippen LogP contribution in [0.1, 0.15) is 26.3 Å². The van der Waals surface area contributed by atoms with Gasteiger partial charge in [0.1, 0.15) is 23.4 Å². The molecule has 0 saturated heterocycles. The number of carbonyl (C=O) groups is 1. The van der Waals surface area contributed by atoms with Crippen molar-refractivity contribution in [1.82, 2.24) is 29.1 Å². The fourth-order valence-corrected chi connectivity index (χ4v) is 4.46. The zero-order chi connectivity index (χ0) is 24.3. The van der Waals surface area contributed by atoms with Crippen LogP contribution in [0.3, 0.4) is 0 Å². The van der Waals surface area contributed by atoms with Crippen molar-refractivity contribution >= 4 is 34.0 Å². The molecular weight excluding hydrogens is 442 g/mol. The van der Waals surface area contributed by atoms with Crippen molar-refractivity contribution in [3.05, 3.63) is 60.7 Å². The van der Waals surface area contributed by atoms with Gasteiger partial charge in [0.2, 0.25) is 5.95 Å². The first-order chi connectivity index (χ1) is 16.8. The lowest BCUT2D eigenvalue weighted by atomic mass is 10.1. The Kier molecular flexibility index (Phi) is 4.64. The molecule has 5 aromatic rings. The average molecular weight is 468 g/mol. The number of aryl methyl sites for hydroxylation is 1. The van der Waals surface area contributed by atoms with Crippen molar-refractivity contribution < 1.29 is 9.53 Å². The van der Waals surface area contributed by atoms with Gasteiger partial charge in [0.15, 0.2) is 0 Å². The van der Waals surface area contributed by atoms with Gasteiger partial charge in [0, 0.05) is 36.9 Å². The molecule has 1 aliphatic rings. The van der Waals surface area contributed by atoms with E-state index in [9.17, 15) is 4.79 Å². The highest BCUT2D eigenvalue weighted by atomic mass is 16.6. The van der Waals surface area contributed by atoms with Gasteiger partial charge in [-0.05, 0) is 57.0 Å². The Hall–Kier alpha value is -4.27. The molecule has 0 aliphatic carbocycles. The van der Waals surface area contributed by atoms with Gasteiger partial charge >= 0.3 is 6.09 Å². The molecule has 1 aromatic carbocycles. The van der Waals surface area contributed by atoms with Crippen molar-refractivity contribution in [2.45, 2.75) is 32.8 Å². The van der Waals surface area contributed by atoms with E-state index in [0.29, 0.717) is 24.7 Å². The third-order valence-electron chi connectivity index (χ3n) is 6.07. The number of hydrogen-bond acceptors (Lipinski definition) is 6. The highest BCUT2D eigenvalue weighted by Crippen LogP contribution is 2.33. The minimum absolute atomic E-state index is 0.377. The molecule has 0 fully saturated rings. The van der Waals surface area contributed by atoms with Crippen LogP contribution in [0.5, 0.6) is 0 Å². The molecule has 0 N–H and O–H groups in total. The number of imidazole rings is 1. The van der Waals surface area contributed by atoms with E-state index in [2.05, 4.69) is 16.0 Å². The summed E-state index contributed by atoms with van der Waals surface area (Å²) in [6.07, 6.45) is 5.82. The Morgan fingerprint density at radius 1 is 1.09 bits per heavy atom. The van der Waals surface area contributed by atoms with E-state index in [1.807, 2.05) is 73.5 Å². The Morgan fingerprint density at radius 3 is 2.74 bits per heavy atom. The van der Waals surface area contributed by atoms with Crippen molar-refractivity contribution in [2.24, 2.45) is 7.05 Å². The maximum absolute atomic E-state index is 12.7. The maximum atomic E-state index is 12.7. The normalized spacial score (nSPS) is 13.5. The zero-order valence-electron chi connectivity index (χ0n) is 20.1. The minimum atomic E-state index is -0.562. The average Bonchev–Trinajstić information content (AvgIpc) is 3.54. The summed E-state index contributed by atoms with van der Waals surface area (Å²) in [7, 11) is 1.97. The molecule has 1 aliphatic heterocycles. The Balaban J connectivity index is 1.46. The highest BCUT2D eigenvalue weighted by molar-refractivity contribution is 5.93. The third-order valence-corrected chi connectivity index (χ3v) is 6.07. The van der Waals surface area contributed by atoms with Crippen molar-refractivity contribution in [2.75, 3.05) is 11.4 Å². The van der Waals surface area contributed by atoms with Crippen LogP contribution in [-0.4, -0.2) is 47.3 Å². The number of rotatable bonds is 2. The number of nitrogens with zero attached hydrogens (tertiary/aromatic N) is 7. The molecular formula is C26H25N7O2. The highest BCUT2D eigenvalue weighted by Gasteiger charge is 2.30. The predicted octanol–water partition coefficient (Wildman–Crippen LogP) is 4.67. The summed E-state index contributed by atoms with van der Waals surface area (Å²) in [5.41, 5.74) is 4.73. The predicted molar refractivity (Wildman–Crippen MR) is 134 cm³/mol. The number of para-hydroxylation sites is 2. The smallest absolute Gasteiger partial charge is 0.416 e. The first kappa shape index (κ1) is 21.3. The molecule has 0 spiro atoms. The van der Waals surface area contributed by atoms with E-state index in [1.54, 1.807) is 17.4 Å². The second-order valence-electron chi connectivity index (χ2n) is 9.73. The number of ether oxygens (including phenoxy) is 1. The number of carbonyl (C=O) groups excluding carboxylic acids is 1. The number of fused-ring (bicyclic) bond motifs is 3. The summed E-state index contributed by atoms with van der Waals surface area (Å²) in [5.74, 6) is 1.18. The number of amides is 1. The molecule has 6 rings (SSSR count). The molecule has 4 aromatic heterocycles. The molecule has 9 nitrogen and oxygen atoms in total. The van der Waals surface area contributed by atoms with Gasteiger partial charge in [-0.15, -0.1) is 0 Å². The summed E-state index contributed by atoms with van der Waals surface area (Å²) >= 11 is 0. The quantitative estimate of drug-likeness (QED) is 0.375. The molecule has 35 heavy (non-hydrogen) atoms. The summed E-state index contributed by atoms with van der Waals surface area (Å²) < 4.78 is 9.44. The molecule has 5 heterocycles. The molecule has 0 atom stereocenters. The van der Waals surface area contributed by atoms with E-state index in [1.165, 1.54) is 0 Å². The van der Waals surface area contributed by atoms with Crippen LogP contribution in [0.2, 0.25) is 0 Å². The zero-order valence-corrected chi connectivity index (χ0v) is 20.1. The van der Waals surface area contributed by atoms with Crippen LogP contribution in [0.15, 0.2) is 55.1 Å². The second kappa shape index (κ2) is 7.63. The van der Waals surface area contributed by atoms with Gasteiger partial charge in [0.05, 0.1) is 16.7 Å². The Labute approximate surface area is 202 Å². The van der Waals surface area contributed by atoms with E-state index in [4.69, 9.17) is 14.7 Å². The molecule has 176 valence electrons. The fraction of sp³-hybridized carbons (Fsp3) is 0.269. The Morgan fingerprint density at radius 2 is 1.91 bits per heavy atom. The third kappa shape index (κ3) is 3.60. The number of anilines is 1. The lowest BCUT2D eigenvalue weighted by Crippen LogP contribution is -2.36. The molecule has 0 unspecified atom stereocenters. The summed E-state index contributed by atoms with van der Waals surface area (Å²) in [6, 6.07) is 12.0. The lowest BCUT2D eigenvalue weighted by Gasteiger charge is -2.24. The summed E-state index contributed by atoms with van der Waals surface area (Å²) in [4.78, 5) is 33.2. The van der Waals surface area contributed by atoms with Gasteiger partial charge in [0.25, 0.3) is 0 Å². The van der Waals surface area contributed by atoms with Gasteiger partial charge in [-0.2, -0.15) is 4.98 Å². The number of aromatic nitrogens is 6. The van der Waals surface area contributed by atoms with Crippen LogP contribution < -0.4 is 4.90 Å². The van der Waals surface area contributed by atoms with Crippen LogP contribution in [-0.2, 0) is 18.2 Å². The first-order valence-corrected chi connectivity index (χ1v) is 11.5. The van der Waals surface area contributed by atoms with Crippen LogP contribution in [0, 0.1) is 0 Å². The van der Waals surface area contributed by atoms with Gasteiger partial charge in [-0.25, -0.2) is 19.7 Å². The first-order valence-electron chi connectivity index (χ1n) is 11.5. The molecule has 0 bridgehead atoms. The Bertz CT molecular complexity index is 1610. The topological polar surface area (TPSA) is 91.0 Å². The summed E-state index contributed by atoms with van der Waals surface area (Å²) in [5, 5.41) is 0.935. The van der Waals surface area contributed by atoms with Crippen molar-refractivity contribution in [1.29, 1.82) is 0 Å². The van der Waals surface area contributed by atoms with E-state index >= 15 is 0 Å². The molecule has 0 saturated carbocycles. The molecule has 1 amide bonds. The second-order valence-corrected chi connectivity index (χ2v) is 9.73. The standard InChI is InChI=1S/C26H25N7O2/c1-26(2,3)35-25(34)32-12-9-16-13-17(14-27-22(16)32)21-18-10-11-31(4)23(18)30-24(29-21)33-15-28-19-7-5-6-8-20(19)33/h5-8,10-11,13-15H,9,12H2,1-4H3. The van der Waals surface area contributed by atoms with E-state index in [-0.39, 0.29) is 6.09 Å². The van der Waals surface area contributed by atoms with Crippen LogP contribution >= 0.6 is 0 Å². The van der Waals surface area contributed by atoms with Crippen molar-refractivity contribution in [3.8, 4) is 17.2 Å². The van der Waals surface area contributed by atoms with Crippen molar-refractivity contribution in [3.63, 3.8) is 0 Å². The number of hydrogen-bond donors (Lipinski definition) is 0. The van der Waals surface area contributed by atoms with Crippen LogP contribution in [0.4, 0.5) is 10.6 Å². The summed E-state index contributed by atoms with van der Waals surface area (Å²) in [6.45, 7) is 6.12. The van der Waals surface area contributed by atoms with E-state index < -0.39 is 5.60 Å². The SMILES string of the molecule is Cn1ccc2c(-c3cnc4c(c3)CCN4C(=O)OC(C)(C)C)nc(-n3cnc4ccccc43)nc21. The molecule has 9 heteroatoms. The van der Waals surface area contributed by atoms with Gasteiger partial charge < -0.3 is 9.30 Å². The lowest BCUT2D eigenvalue weighted by molar-refractivity contribution is 0.0583. The monoisotopic (exact) mass is 467 g/mol. The number of benzene rings is 1. The van der Waals surface area contributed by atoms with Crippen LogP contribution in [0.25, 0.3) is 39.3 Å². The minimum Gasteiger partial charge on any atom is -0.443 e. The fourth-order valence-electron chi connectivity index (χ4n) is 4.46.